The van der Waals surface area contributed by atoms with E-state index in [4.69, 9.17) is 0 Å². The molecule has 6 nitrogen and oxygen atoms in total. The standard InChI is InChI=1S/C12H14N4O2S/c17-11(14-5-7-19-8-6-14)9-16-12(18)15-4-2-1-3-10(15)13-16/h1-4H,5-9H2. The second kappa shape index (κ2) is 5.08. The summed E-state index contributed by atoms with van der Waals surface area (Å²) in [7, 11) is 0. The fourth-order valence-corrected chi connectivity index (χ4v) is 3.02. The van der Waals surface area contributed by atoms with Crippen molar-refractivity contribution in [1.29, 1.82) is 0 Å². The van der Waals surface area contributed by atoms with Crippen LogP contribution in [0.4, 0.5) is 0 Å². The van der Waals surface area contributed by atoms with Gasteiger partial charge < -0.3 is 4.90 Å². The molecule has 0 atom stereocenters. The van der Waals surface area contributed by atoms with E-state index in [1.54, 1.807) is 23.2 Å². The third kappa shape index (κ3) is 2.37. The molecule has 3 heterocycles. The molecule has 100 valence electrons. The van der Waals surface area contributed by atoms with Crippen LogP contribution in [0.25, 0.3) is 5.65 Å². The molecule has 7 heteroatoms. The van der Waals surface area contributed by atoms with Crippen LogP contribution >= 0.6 is 11.8 Å². The number of pyridine rings is 1. The van der Waals surface area contributed by atoms with Crippen molar-refractivity contribution in [3.8, 4) is 0 Å². The second-order valence-corrected chi connectivity index (χ2v) is 5.59. The Morgan fingerprint density at radius 1 is 1.32 bits per heavy atom. The van der Waals surface area contributed by atoms with Gasteiger partial charge in [-0.3, -0.25) is 9.20 Å². The summed E-state index contributed by atoms with van der Waals surface area (Å²) in [5.74, 6) is 1.89. The number of thioether (sulfide) groups is 1. The predicted molar refractivity (Wildman–Crippen MR) is 73.4 cm³/mol. The number of fused-ring (bicyclic) bond motifs is 1. The minimum atomic E-state index is -0.268. The van der Waals surface area contributed by atoms with Gasteiger partial charge in [-0.25, -0.2) is 9.48 Å². The Morgan fingerprint density at radius 2 is 2.11 bits per heavy atom. The number of carbonyl (C=O) groups is 1. The molecule has 0 radical (unpaired) electrons. The molecule has 0 unspecified atom stereocenters. The highest BCUT2D eigenvalue weighted by Gasteiger charge is 2.18. The highest BCUT2D eigenvalue weighted by molar-refractivity contribution is 7.99. The lowest BCUT2D eigenvalue weighted by Crippen LogP contribution is -2.41. The molecule has 2 aromatic rings. The normalized spacial score (nSPS) is 15.9. The van der Waals surface area contributed by atoms with E-state index in [0.29, 0.717) is 5.65 Å². The minimum Gasteiger partial charge on any atom is -0.339 e. The van der Waals surface area contributed by atoms with Crippen LogP contribution < -0.4 is 5.69 Å². The van der Waals surface area contributed by atoms with E-state index in [-0.39, 0.29) is 18.1 Å². The molecule has 1 saturated heterocycles. The van der Waals surface area contributed by atoms with Gasteiger partial charge in [-0.1, -0.05) is 6.07 Å². The highest BCUT2D eigenvalue weighted by atomic mass is 32.2. The molecule has 1 aliphatic heterocycles. The van der Waals surface area contributed by atoms with E-state index in [1.807, 2.05) is 17.8 Å². The van der Waals surface area contributed by atoms with Gasteiger partial charge in [0.2, 0.25) is 5.91 Å². The molecule has 0 N–H and O–H groups in total. The average molecular weight is 278 g/mol. The van der Waals surface area contributed by atoms with Crippen molar-refractivity contribution in [3.05, 3.63) is 34.9 Å². The summed E-state index contributed by atoms with van der Waals surface area (Å²) in [5.41, 5.74) is 0.296. The first kappa shape index (κ1) is 12.3. The Bertz CT molecular complexity index is 657. The Labute approximate surface area is 114 Å². The average Bonchev–Trinajstić information content (AvgIpc) is 2.77. The highest BCUT2D eigenvalue weighted by Crippen LogP contribution is 2.09. The Morgan fingerprint density at radius 3 is 2.84 bits per heavy atom. The van der Waals surface area contributed by atoms with Gasteiger partial charge in [0.25, 0.3) is 0 Å². The SMILES string of the molecule is O=C(Cn1nc2ccccn2c1=O)N1CCSCC1. The Hall–Kier alpha value is -1.76. The van der Waals surface area contributed by atoms with Crippen molar-refractivity contribution in [2.75, 3.05) is 24.6 Å². The number of rotatable bonds is 2. The van der Waals surface area contributed by atoms with Crippen LogP contribution in [0.3, 0.4) is 0 Å². The Balaban J connectivity index is 1.83. The van der Waals surface area contributed by atoms with Crippen molar-refractivity contribution < 1.29 is 4.79 Å². The molecule has 0 aliphatic carbocycles. The summed E-state index contributed by atoms with van der Waals surface area (Å²) in [4.78, 5) is 25.9. The van der Waals surface area contributed by atoms with Gasteiger partial charge >= 0.3 is 5.69 Å². The van der Waals surface area contributed by atoms with Gasteiger partial charge in [0, 0.05) is 30.8 Å². The molecule has 0 aromatic carbocycles. The van der Waals surface area contributed by atoms with Gasteiger partial charge in [0.15, 0.2) is 5.65 Å². The summed E-state index contributed by atoms with van der Waals surface area (Å²) in [6, 6.07) is 5.33. The predicted octanol–water partition coefficient (Wildman–Crippen LogP) is 0.0714. The zero-order valence-electron chi connectivity index (χ0n) is 10.4. The fraction of sp³-hybridized carbons (Fsp3) is 0.417. The summed E-state index contributed by atoms with van der Waals surface area (Å²) in [5, 5.41) is 4.16. The van der Waals surface area contributed by atoms with Crippen molar-refractivity contribution in [3.63, 3.8) is 0 Å². The van der Waals surface area contributed by atoms with Crippen LogP contribution in [0.2, 0.25) is 0 Å². The number of aromatic nitrogens is 3. The van der Waals surface area contributed by atoms with Gasteiger partial charge in [-0.15, -0.1) is 5.10 Å². The maximum absolute atomic E-state index is 12.1. The smallest absolute Gasteiger partial charge is 0.339 e. The molecule has 1 amide bonds. The number of hydrogen-bond acceptors (Lipinski definition) is 4. The monoisotopic (exact) mass is 278 g/mol. The number of nitrogens with zero attached hydrogens (tertiary/aromatic N) is 4. The van der Waals surface area contributed by atoms with Crippen molar-refractivity contribution in [2.24, 2.45) is 0 Å². The maximum Gasteiger partial charge on any atom is 0.350 e. The van der Waals surface area contributed by atoms with Crippen LogP contribution in [0.1, 0.15) is 0 Å². The first-order chi connectivity index (χ1) is 9.25. The third-order valence-electron chi connectivity index (χ3n) is 3.14. The molecule has 19 heavy (non-hydrogen) atoms. The van der Waals surface area contributed by atoms with Crippen molar-refractivity contribution in [2.45, 2.75) is 6.54 Å². The summed E-state index contributed by atoms with van der Waals surface area (Å²) < 4.78 is 2.68. The van der Waals surface area contributed by atoms with E-state index < -0.39 is 0 Å². The maximum atomic E-state index is 12.1. The van der Waals surface area contributed by atoms with Gasteiger partial charge in [0.05, 0.1) is 0 Å². The van der Waals surface area contributed by atoms with E-state index >= 15 is 0 Å². The van der Waals surface area contributed by atoms with E-state index in [9.17, 15) is 9.59 Å². The van der Waals surface area contributed by atoms with Crippen LogP contribution in [0, 0.1) is 0 Å². The lowest BCUT2D eigenvalue weighted by atomic mass is 10.4. The molecular weight excluding hydrogens is 264 g/mol. The Kier molecular flexibility index (Phi) is 3.29. The zero-order valence-corrected chi connectivity index (χ0v) is 11.2. The lowest BCUT2D eigenvalue weighted by Gasteiger charge is -2.26. The topological polar surface area (TPSA) is 59.6 Å². The van der Waals surface area contributed by atoms with Gasteiger partial charge in [-0.05, 0) is 12.1 Å². The summed E-state index contributed by atoms with van der Waals surface area (Å²) in [6.45, 7) is 1.53. The number of hydrogen-bond donors (Lipinski definition) is 0. The molecule has 0 spiro atoms. The summed E-state index contributed by atoms with van der Waals surface area (Å²) >= 11 is 1.85. The molecule has 0 saturated carbocycles. The first-order valence-corrected chi connectivity index (χ1v) is 7.31. The van der Waals surface area contributed by atoms with Crippen LogP contribution in [-0.2, 0) is 11.3 Å². The quantitative estimate of drug-likeness (QED) is 0.780. The largest absolute Gasteiger partial charge is 0.350 e. The third-order valence-corrected chi connectivity index (χ3v) is 4.08. The van der Waals surface area contributed by atoms with E-state index in [0.717, 1.165) is 24.6 Å². The zero-order chi connectivity index (χ0) is 13.2. The van der Waals surface area contributed by atoms with Crippen LogP contribution in [0.5, 0.6) is 0 Å². The molecule has 3 rings (SSSR count). The number of amides is 1. The lowest BCUT2D eigenvalue weighted by molar-refractivity contribution is -0.131. The molecule has 1 fully saturated rings. The van der Waals surface area contributed by atoms with E-state index in [1.165, 1.54) is 9.08 Å². The van der Waals surface area contributed by atoms with Gasteiger partial charge in [-0.2, -0.15) is 11.8 Å². The first-order valence-electron chi connectivity index (χ1n) is 6.15. The minimum absolute atomic E-state index is 0.0190. The number of carbonyl (C=O) groups excluding carboxylic acids is 1. The van der Waals surface area contributed by atoms with E-state index in [2.05, 4.69) is 5.10 Å². The fourth-order valence-electron chi connectivity index (χ4n) is 2.11. The molecule has 1 aliphatic rings. The van der Waals surface area contributed by atoms with Gasteiger partial charge in [0.1, 0.15) is 6.54 Å². The summed E-state index contributed by atoms with van der Waals surface area (Å²) in [6.07, 6.45) is 1.66. The second-order valence-electron chi connectivity index (χ2n) is 4.36. The van der Waals surface area contributed by atoms with Crippen molar-refractivity contribution >= 4 is 23.3 Å². The molecular formula is C12H14N4O2S. The molecule has 2 aromatic heterocycles. The van der Waals surface area contributed by atoms with Crippen molar-refractivity contribution in [1.82, 2.24) is 19.1 Å². The molecule has 0 bridgehead atoms. The van der Waals surface area contributed by atoms with Crippen LogP contribution in [0.15, 0.2) is 29.2 Å². The van der Waals surface area contributed by atoms with Crippen LogP contribution in [-0.4, -0.2) is 49.6 Å².